The number of carbonyl (C=O) groups is 2. The van der Waals surface area contributed by atoms with Crippen LogP contribution in [-0.2, 0) is 11.2 Å². The number of amides is 1. The largest absolute Gasteiger partial charge is 0.493 e. The number of ether oxygens (including phenoxy) is 2. The first-order valence-electron chi connectivity index (χ1n) is 11.7. The van der Waals surface area contributed by atoms with Crippen LogP contribution in [0.4, 0.5) is 4.79 Å². The van der Waals surface area contributed by atoms with E-state index >= 15 is 0 Å². The van der Waals surface area contributed by atoms with Crippen molar-refractivity contribution in [3.8, 4) is 23.2 Å². The first-order chi connectivity index (χ1) is 17.2. The van der Waals surface area contributed by atoms with Gasteiger partial charge in [0.2, 0.25) is 5.88 Å². The van der Waals surface area contributed by atoms with Gasteiger partial charge in [-0.1, -0.05) is 26.0 Å². The lowest BCUT2D eigenvalue weighted by Crippen LogP contribution is -2.43. The van der Waals surface area contributed by atoms with Gasteiger partial charge in [0, 0.05) is 25.9 Å². The highest BCUT2D eigenvalue weighted by molar-refractivity contribution is 7.71. The minimum atomic E-state index is -0.876. The molecule has 3 heterocycles. The van der Waals surface area contributed by atoms with Gasteiger partial charge in [-0.3, -0.25) is 4.79 Å². The number of rotatable bonds is 7. The number of nitrogens with zero attached hydrogens (tertiary/aromatic N) is 3. The number of imidazole rings is 1. The van der Waals surface area contributed by atoms with Gasteiger partial charge in [-0.05, 0) is 48.0 Å². The van der Waals surface area contributed by atoms with Crippen molar-refractivity contribution in [2.75, 3.05) is 13.1 Å². The zero-order valence-electron chi connectivity index (χ0n) is 20.0. The normalized spacial score (nSPS) is 14.1. The Balaban J connectivity index is 1.29. The Bertz CT molecular complexity index is 1280. The number of piperidine rings is 1. The minimum absolute atomic E-state index is 0.00791. The number of aromatic amines is 1. The summed E-state index contributed by atoms with van der Waals surface area (Å²) in [4.78, 5) is 32.3. The lowest BCUT2D eigenvalue weighted by molar-refractivity contribution is -0.136. The Kier molecular flexibility index (Phi) is 7.58. The Morgan fingerprint density at radius 3 is 2.36 bits per heavy atom. The van der Waals surface area contributed by atoms with E-state index in [1.165, 1.54) is 10.8 Å². The number of carboxylic acids is 1. The molecule has 2 aromatic heterocycles. The molecule has 1 aliphatic heterocycles. The molecule has 4 rings (SSSR count). The number of carbonyl (C=O) groups excluding carboxylic acids is 1. The predicted octanol–water partition coefficient (Wildman–Crippen LogP) is 4.43. The van der Waals surface area contributed by atoms with E-state index in [-0.39, 0.29) is 30.1 Å². The van der Waals surface area contributed by atoms with Gasteiger partial charge in [0.15, 0.2) is 10.5 Å². The molecule has 0 aliphatic carbocycles. The summed E-state index contributed by atoms with van der Waals surface area (Å²) in [5.41, 5.74) is 1.34. The lowest BCUT2D eigenvalue weighted by atomic mass is 10.1. The van der Waals surface area contributed by atoms with Crippen molar-refractivity contribution in [2.24, 2.45) is 0 Å². The summed E-state index contributed by atoms with van der Waals surface area (Å²) < 4.78 is 13.2. The monoisotopic (exact) mass is 512 g/mol. The van der Waals surface area contributed by atoms with E-state index in [0.29, 0.717) is 53.5 Å². The zero-order valence-corrected chi connectivity index (χ0v) is 20.8. The molecule has 0 atom stereocenters. The van der Waals surface area contributed by atoms with Crippen LogP contribution in [0.25, 0.3) is 5.82 Å². The summed E-state index contributed by atoms with van der Waals surface area (Å²) in [5, 5.41) is 19.3. The molecule has 0 saturated carbocycles. The highest BCUT2D eigenvalue weighted by Gasteiger charge is 2.25. The highest BCUT2D eigenvalue weighted by atomic mass is 32.1. The molecule has 0 spiro atoms. The Morgan fingerprint density at radius 1 is 1.14 bits per heavy atom. The highest BCUT2D eigenvalue weighted by Crippen LogP contribution is 2.28. The Hall–Kier alpha value is -3.86. The van der Waals surface area contributed by atoms with Crippen molar-refractivity contribution in [3.05, 3.63) is 58.6 Å². The third-order valence-corrected chi connectivity index (χ3v) is 6.20. The van der Waals surface area contributed by atoms with Crippen LogP contribution in [0.3, 0.4) is 0 Å². The Labute approximate surface area is 213 Å². The predicted molar refractivity (Wildman–Crippen MR) is 134 cm³/mol. The van der Waals surface area contributed by atoms with Gasteiger partial charge in [0.05, 0.1) is 18.3 Å². The maximum atomic E-state index is 12.6. The van der Waals surface area contributed by atoms with Gasteiger partial charge in [-0.25, -0.2) is 14.3 Å². The molecule has 11 heteroatoms. The second-order valence-corrected chi connectivity index (χ2v) is 9.28. The average Bonchev–Trinajstić information content (AvgIpc) is 3.15. The fourth-order valence-corrected chi connectivity index (χ4v) is 4.29. The quantitative estimate of drug-likeness (QED) is 0.397. The lowest BCUT2D eigenvalue weighted by Gasteiger charge is -2.31. The van der Waals surface area contributed by atoms with E-state index in [1.807, 2.05) is 13.8 Å². The summed E-state index contributed by atoms with van der Waals surface area (Å²) >= 11 is 5.30. The molecule has 0 bridgehead atoms. The standard InChI is InChI=1S/C25H28N4O6S/c1-15(2)22-23(32)29(24(36)27-22)20-8-7-19(14-26-20)35-25(33)28-11-9-18(10-12-28)34-17-5-3-16(4-6-17)13-21(30)31/h3-8,14-15,18,32H,9-13H2,1-2H3,(H,27,36)(H,30,31). The maximum absolute atomic E-state index is 12.6. The van der Waals surface area contributed by atoms with Crippen LogP contribution in [0.5, 0.6) is 17.4 Å². The van der Waals surface area contributed by atoms with Crippen LogP contribution >= 0.6 is 12.2 Å². The van der Waals surface area contributed by atoms with Crippen molar-refractivity contribution >= 4 is 24.3 Å². The molecule has 1 amide bonds. The van der Waals surface area contributed by atoms with E-state index in [9.17, 15) is 14.7 Å². The SMILES string of the molecule is CC(C)c1[nH]c(=S)n(-c2ccc(OC(=O)N3CCC(Oc4ccc(CC(=O)O)cc4)CC3)cn2)c1O. The number of carboxylic acid groups (broad SMARTS) is 1. The first kappa shape index (κ1) is 25.2. The number of aromatic nitrogens is 3. The van der Waals surface area contributed by atoms with Gasteiger partial charge < -0.3 is 29.6 Å². The molecule has 3 aromatic rings. The molecular weight excluding hydrogens is 484 g/mol. The van der Waals surface area contributed by atoms with E-state index in [1.54, 1.807) is 41.3 Å². The number of hydrogen-bond donors (Lipinski definition) is 3. The minimum Gasteiger partial charge on any atom is -0.493 e. The number of hydrogen-bond acceptors (Lipinski definition) is 7. The van der Waals surface area contributed by atoms with Gasteiger partial charge in [-0.2, -0.15) is 0 Å². The third kappa shape index (κ3) is 5.85. The molecule has 1 aromatic carbocycles. The summed E-state index contributed by atoms with van der Waals surface area (Å²) in [6.07, 6.45) is 2.17. The number of aromatic hydroxyl groups is 1. The zero-order chi connectivity index (χ0) is 25.8. The molecule has 0 unspecified atom stereocenters. The number of aliphatic carboxylic acids is 1. The van der Waals surface area contributed by atoms with Crippen molar-refractivity contribution in [1.82, 2.24) is 19.4 Å². The molecule has 10 nitrogen and oxygen atoms in total. The van der Waals surface area contributed by atoms with E-state index < -0.39 is 12.1 Å². The van der Waals surface area contributed by atoms with Crippen LogP contribution in [0.1, 0.15) is 43.9 Å². The molecule has 36 heavy (non-hydrogen) atoms. The van der Waals surface area contributed by atoms with Crippen molar-refractivity contribution in [3.63, 3.8) is 0 Å². The summed E-state index contributed by atoms with van der Waals surface area (Å²) in [6, 6.07) is 10.2. The van der Waals surface area contributed by atoms with Crippen molar-refractivity contribution in [2.45, 2.75) is 45.1 Å². The van der Waals surface area contributed by atoms with Crippen LogP contribution in [0.15, 0.2) is 42.6 Å². The second-order valence-electron chi connectivity index (χ2n) is 8.90. The van der Waals surface area contributed by atoms with Gasteiger partial charge in [0.25, 0.3) is 0 Å². The van der Waals surface area contributed by atoms with Gasteiger partial charge in [0.1, 0.15) is 17.7 Å². The summed E-state index contributed by atoms with van der Waals surface area (Å²) in [7, 11) is 0. The Morgan fingerprint density at radius 2 is 1.81 bits per heavy atom. The number of likely N-dealkylation sites (tertiary alicyclic amines) is 1. The topological polar surface area (TPSA) is 130 Å². The maximum Gasteiger partial charge on any atom is 0.415 e. The van der Waals surface area contributed by atoms with E-state index in [0.717, 1.165) is 0 Å². The van der Waals surface area contributed by atoms with Gasteiger partial charge in [-0.15, -0.1) is 0 Å². The fraction of sp³-hybridized carbons (Fsp3) is 0.360. The molecule has 1 saturated heterocycles. The number of nitrogens with one attached hydrogen (secondary N) is 1. The molecule has 1 aliphatic rings. The van der Waals surface area contributed by atoms with E-state index in [2.05, 4.69) is 9.97 Å². The second kappa shape index (κ2) is 10.8. The van der Waals surface area contributed by atoms with Gasteiger partial charge >= 0.3 is 12.1 Å². The molecule has 3 N–H and O–H groups in total. The van der Waals surface area contributed by atoms with Crippen LogP contribution < -0.4 is 9.47 Å². The van der Waals surface area contributed by atoms with Crippen molar-refractivity contribution in [1.29, 1.82) is 0 Å². The van der Waals surface area contributed by atoms with Crippen molar-refractivity contribution < 1.29 is 29.3 Å². The molecule has 0 radical (unpaired) electrons. The van der Waals surface area contributed by atoms with Crippen LogP contribution in [-0.4, -0.2) is 60.9 Å². The van der Waals surface area contributed by atoms with E-state index in [4.69, 9.17) is 26.8 Å². The number of benzene rings is 1. The van der Waals surface area contributed by atoms with Crippen LogP contribution in [0, 0.1) is 4.77 Å². The third-order valence-electron chi connectivity index (χ3n) is 5.91. The first-order valence-corrected chi connectivity index (χ1v) is 12.1. The molecule has 190 valence electrons. The fourth-order valence-electron chi connectivity index (χ4n) is 4.00. The molecular formula is C25H28N4O6S. The van der Waals surface area contributed by atoms with Crippen LogP contribution in [0.2, 0.25) is 0 Å². The number of pyridine rings is 1. The number of H-pyrrole nitrogens is 1. The smallest absolute Gasteiger partial charge is 0.415 e. The average molecular weight is 513 g/mol. The molecule has 1 fully saturated rings. The summed E-state index contributed by atoms with van der Waals surface area (Å²) in [5.74, 6) is 0.564. The summed E-state index contributed by atoms with van der Waals surface area (Å²) in [6.45, 7) is 4.85.